The predicted molar refractivity (Wildman–Crippen MR) is 129 cm³/mol. The summed E-state index contributed by atoms with van der Waals surface area (Å²) in [5, 5.41) is 19.2. The molecule has 2 aromatic rings. The Morgan fingerprint density at radius 1 is 1.18 bits per heavy atom. The van der Waals surface area contributed by atoms with E-state index in [1.54, 1.807) is 0 Å². The van der Waals surface area contributed by atoms with Crippen LogP contribution in [0.5, 0.6) is 0 Å². The third-order valence-electron chi connectivity index (χ3n) is 7.23. The standard InChI is InChI=1S/C26H33N5O3/c1-2-16-9-6-10-21-20(16)14-22(30-21)25(33)31-23(17-7-4-3-5-8-17)26(34)29-19(15-27)13-18-11-12-28-24(18)32/h6,9-10,14,17-19,23,30H,2-5,7-8,11-13H2,1H3,(H,28,32)(H,29,34)(H,31,33)/t18-,19-,23-/m0/s1. The Kier molecular flexibility index (Phi) is 7.51. The van der Waals surface area contributed by atoms with Crippen molar-refractivity contribution in [3.63, 3.8) is 0 Å². The van der Waals surface area contributed by atoms with Gasteiger partial charge in [0.1, 0.15) is 17.8 Å². The second-order valence-corrected chi connectivity index (χ2v) is 9.47. The van der Waals surface area contributed by atoms with E-state index in [0.29, 0.717) is 18.7 Å². The first-order valence-corrected chi connectivity index (χ1v) is 12.4. The molecule has 0 unspecified atom stereocenters. The van der Waals surface area contributed by atoms with E-state index in [0.717, 1.165) is 55.0 Å². The Morgan fingerprint density at radius 3 is 2.65 bits per heavy atom. The third kappa shape index (κ3) is 5.24. The lowest BCUT2D eigenvalue weighted by atomic mass is 9.83. The smallest absolute Gasteiger partial charge is 0.268 e. The number of amides is 3. The lowest BCUT2D eigenvalue weighted by molar-refractivity contribution is -0.126. The van der Waals surface area contributed by atoms with Crippen LogP contribution in [0, 0.1) is 23.2 Å². The molecule has 8 nitrogen and oxygen atoms in total. The summed E-state index contributed by atoms with van der Waals surface area (Å²) in [6.45, 7) is 2.67. The molecule has 4 rings (SSSR count). The molecular weight excluding hydrogens is 430 g/mol. The van der Waals surface area contributed by atoms with Gasteiger partial charge in [-0.15, -0.1) is 0 Å². The number of nitriles is 1. The van der Waals surface area contributed by atoms with Crippen LogP contribution < -0.4 is 16.0 Å². The van der Waals surface area contributed by atoms with Gasteiger partial charge >= 0.3 is 0 Å². The second-order valence-electron chi connectivity index (χ2n) is 9.47. The van der Waals surface area contributed by atoms with E-state index in [2.05, 4.69) is 33.9 Å². The topological polar surface area (TPSA) is 127 Å². The number of rotatable bonds is 8. The maximum Gasteiger partial charge on any atom is 0.268 e. The fourth-order valence-electron chi connectivity index (χ4n) is 5.29. The largest absolute Gasteiger partial charge is 0.356 e. The summed E-state index contributed by atoms with van der Waals surface area (Å²) >= 11 is 0. The van der Waals surface area contributed by atoms with Gasteiger partial charge in [-0.1, -0.05) is 38.3 Å². The third-order valence-corrected chi connectivity index (χ3v) is 7.23. The zero-order chi connectivity index (χ0) is 24.1. The summed E-state index contributed by atoms with van der Waals surface area (Å²) in [7, 11) is 0. The minimum Gasteiger partial charge on any atom is -0.356 e. The first-order valence-electron chi connectivity index (χ1n) is 12.4. The van der Waals surface area contributed by atoms with Gasteiger partial charge in [0, 0.05) is 23.4 Å². The minimum atomic E-state index is -0.774. The number of carbonyl (C=O) groups is 3. The van der Waals surface area contributed by atoms with Gasteiger partial charge in [0.15, 0.2) is 0 Å². The molecule has 1 saturated heterocycles. The molecule has 0 spiro atoms. The van der Waals surface area contributed by atoms with E-state index in [9.17, 15) is 19.6 Å². The molecule has 34 heavy (non-hydrogen) atoms. The molecule has 3 amide bonds. The fourth-order valence-corrected chi connectivity index (χ4v) is 5.29. The average Bonchev–Trinajstić information content (AvgIpc) is 3.48. The monoisotopic (exact) mass is 463 g/mol. The summed E-state index contributed by atoms with van der Waals surface area (Å²) in [6, 6.07) is 8.41. The quantitative estimate of drug-likeness (QED) is 0.480. The van der Waals surface area contributed by atoms with E-state index in [1.165, 1.54) is 0 Å². The van der Waals surface area contributed by atoms with Gasteiger partial charge in [-0.2, -0.15) is 5.26 Å². The Bertz CT molecular complexity index is 1100. The number of nitrogens with zero attached hydrogens (tertiary/aromatic N) is 1. The van der Waals surface area contributed by atoms with Crippen molar-refractivity contribution in [2.24, 2.45) is 11.8 Å². The highest BCUT2D eigenvalue weighted by Gasteiger charge is 2.34. The van der Waals surface area contributed by atoms with Crippen molar-refractivity contribution < 1.29 is 14.4 Å². The summed E-state index contributed by atoms with van der Waals surface area (Å²) in [5.41, 5.74) is 2.47. The van der Waals surface area contributed by atoms with Crippen molar-refractivity contribution in [3.05, 3.63) is 35.5 Å². The van der Waals surface area contributed by atoms with E-state index in [-0.39, 0.29) is 36.0 Å². The summed E-state index contributed by atoms with van der Waals surface area (Å²) in [6.07, 6.45) is 6.66. The first-order chi connectivity index (χ1) is 16.5. The molecule has 1 aliphatic heterocycles. The number of aryl methyl sites for hydroxylation is 1. The number of benzene rings is 1. The van der Waals surface area contributed by atoms with Crippen molar-refractivity contribution >= 4 is 28.6 Å². The summed E-state index contributed by atoms with van der Waals surface area (Å²) < 4.78 is 0. The van der Waals surface area contributed by atoms with Crippen molar-refractivity contribution in [3.8, 4) is 6.07 Å². The van der Waals surface area contributed by atoms with Crippen LogP contribution in [-0.2, 0) is 16.0 Å². The van der Waals surface area contributed by atoms with Crippen LogP contribution in [0.3, 0.4) is 0 Å². The lowest BCUT2D eigenvalue weighted by Gasteiger charge is -2.30. The molecule has 4 N–H and O–H groups in total. The zero-order valence-electron chi connectivity index (χ0n) is 19.7. The Morgan fingerprint density at radius 2 is 1.97 bits per heavy atom. The van der Waals surface area contributed by atoms with Crippen molar-refractivity contribution in [2.45, 2.75) is 70.4 Å². The van der Waals surface area contributed by atoms with E-state index < -0.39 is 12.1 Å². The number of aromatic nitrogens is 1. The van der Waals surface area contributed by atoms with Crippen LogP contribution in [0.2, 0.25) is 0 Å². The van der Waals surface area contributed by atoms with Gasteiger partial charge in [-0.05, 0) is 55.7 Å². The van der Waals surface area contributed by atoms with Gasteiger partial charge in [0.25, 0.3) is 5.91 Å². The molecular formula is C26H33N5O3. The minimum absolute atomic E-state index is 0.0161. The molecule has 8 heteroatoms. The van der Waals surface area contributed by atoms with Crippen LogP contribution in [-0.4, -0.2) is 41.3 Å². The second kappa shape index (κ2) is 10.7. The Balaban J connectivity index is 1.50. The fraction of sp³-hybridized carbons (Fsp3) is 0.538. The van der Waals surface area contributed by atoms with Gasteiger partial charge in [-0.25, -0.2) is 0 Å². The highest BCUT2D eigenvalue weighted by molar-refractivity contribution is 6.01. The maximum absolute atomic E-state index is 13.3. The highest BCUT2D eigenvalue weighted by atomic mass is 16.2. The SMILES string of the molecule is CCc1cccc2[nH]c(C(=O)N[C@H](C(=O)N[C@H](C#N)C[C@@H]3CCNC3=O)C3CCCCC3)cc12. The Labute approximate surface area is 199 Å². The van der Waals surface area contributed by atoms with Gasteiger partial charge in [0.2, 0.25) is 11.8 Å². The maximum atomic E-state index is 13.3. The molecule has 3 atom stereocenters. The molecule has 1 aliphatic carbocycles. The van der Waals surface area contributed by atoms with Crippen molar-refractivity contribution in [1.82, 2.24) is 20.9 Å². The number of hydrogen-bond acceptors (Lipinski definition) is 4. The van der Waals surface area contributed by atoms with Gasteiger partial charge in [-0.3, -0.25) is 14.4 Å². The zero-order valence-corrected chi connectivity index (χ0v) is 19.7. The molecule has 1 aromatic carbocycles. The van der Waals surface area contributed by atoms with E-state index in [4.69, 9.17) is 0 Å². The molecule has 180 valence electrons. The molecule has 1 aromatic heterocycles. The summed E-state index contributed by atoms with van der Waals surface area (Å²) in [4.78, 5) is 41.6. The predicted octanol–water partition coefficient (Wildman–Crippen LogP) is 2.94. The number of nitrogens with one attached hydrogen (secondary N) is 4. The van der Waals surface area contributed by atoms with Crippen LogP contribution in [0.15, 0.2) is 24.3 Å². The normalized spacial score (nSPS) is 20.4. The highest BCUT2D eigenvalue weighted by Crippen LogP contribution is 2.28. The number of hydrogen-bond donors (Lipinski definition) is 4. The van der Waals surface area contributed by atoms with E-state index >= 15 is 0 Å². The molecule has 1 saturated carbocycles. The molecule has 2 heterocycles. The molecule has 2 fully saturated rings. The molecule has 0 radical (unpaired) electrons. The lowest BCUT2D eigenvalue weighted by Crippen LogP contribution is -2.53. The number of carbonyl (C=O) groups excluding carboxylic acids is 3. The van der Waals surface area contributed by atoms with E-state index in [1.807, 2.05) is 24.3 Å². The Hall–Kier alpha value is -3.34. The summed E-state index contributed by atoms with van der Waals surface area (Å²) in [5.74, 6) is -1.01. The first kappa shape index (κ1) is 23.8. The average molecular weight is 464 g/mol. The number of H-pyrrole nitrogens is 1. The van der Waals surface area contributed by atoms with Crippen LogP contribution >= 0.6 is 0 Å². The van der Waals surface area contributed by atoms with Crippen molar-refractivity contribution in [1.29, 1.82) is 5.26 Å². The van der Waals surface area contributed by atoms with Gasteiger partial charge < -0.3 is 20.9 Å². The molecule has 0 bridgehead atoms. The number of fused-ring (bicyclic) bond motifs is 1. The van der Waals surface area contributed by atoms with Crippen molar-refractivity contribution in [2.75, 3.05) is 6.54 Å². The number of aromatic amines is 1. The van der Waals surface area contributed by atoms with Crippen LogP contribution in [0.4, 0.5) is 0 Å². The van der Waals surface area contributed by atoms with Crippen LogP contribution in [0.1, 0.15) is 67.9 Å². The van der Waals surface area contributed by atoms with Gasteiger partial charge in [0.05, 0.1) is 6.07 Å². The van der Waals surface area contributed by atoms with Crippen LogP contribution in [0.25, 0.3) is 10.9 Å². The molecule has 2 aliphatic rings.